The lowest BCUT2D eigenvalue weighted by Gasteiger charge is -2.17. The molecule has 18 heavy (non-hydrogen) atoms. The van der Waals surface area contributed by atoms with Gasteiger partial charge >= 0.3 is 0 Å². The third kappa shape index (κ3) is 1.99. The Morgan fingerprint density at radius 3 is 3.17 bits per heavy atom. The maximum absolute atomic E-state index is 5.59. The summed E-state index contributed by atoms with van der Waals surface area (Å²) in [5.41, 5.74) is 2.20. The van der Waals surface area contributed by atoms with Gasteiger partial charge in [0.25, 0.3) is 0 Å². The summed E-state index contributed by atoms with van der Waals surface area (Å²) < 4.78 is 5.59. The first kappa shape index (κ1) is 11.0. The van der Waals surface area contributed by atoms with Gasteiger partial charge in [-0.3, -0.25) is 0 Å². The molecule has 5 nitrogen and oxygen atoms in total. The van der Waals surface area contributed by atoms with Crippen LogP contribution >= 0.6 is 0 Å². The summed E-state index contributed by atoms with van der Waals surface area (Å²) >= 11 is 0. The Hall–Kier alpha value is -2.17. The zero-order valence-electron chi connectivity index (χ0n) is 10.2. The van der Waals surface area contributed by atoms with Gasteiger partial charge in [-0.25, -0.2) is 4.98 Å². The van der Waals surface area contributed by atoms with Crippen molar-refractivity contribution < 1.29 is 4.74 Å². The summed E-state index contributed by atoms with van der Waals surface area (Å²) in [5.74, 6) is 2.33. The van der Waals surface area contributed by atoms with Crippen molar-refractivity contribution in [1.82, 2.24) is 15.2 Å². The van der Waals surface area contributed by atoms with Crippen LogP contribution in [0.3, 0.4) is 0 Å². The van der Waals surface area contributed by atoms with E-state index in [1.807, 2.05) is 19.2 Å². The summed E-state index contributed by atoms with van der Waals surface area (Å²) in [7, 11) is 1.81. The molecule has 1 aromatic heterocycles. The minimum absolute atomic E-state index is 0.634. The third-order valence-corrected chi connectivity index (χ3v) is 2.98. The van der Waals surface area contributed by atoms with Crippen LogP contribution in [0, 0.1) is 0 Å². The Labute approximate surface area is 105 Å². The lowest BCUT2D eigenvalue weighted by atomic mass is 10.0. The molecular formula is C13H14N4O. The van der Waals surface area contributed by atoms with E-state index in [1.54, 1.807) is 6.20 Å². The lowest BCUT2D eigenvalue weighted by Crippen LogP contribution is -2.08. The SMILES string of the molecule is CNc1cnnc(-c2ccc3c(c2)CCCO3)n1. The molecule has 1 N–H and O–H groups in total. The van der Waals surface area contributed by atoms with Crippen molar-refractivity contribution >= 4 is 5.82 Å². The van der Waals surface area contributed by atoms with E-state index in [0.717, 1.165) is 30.8 Å². The summed E-state index contributed by atoms with van der Waals surface area (Å²) in [6, 6.07) is 6.05. The molecule has 92 valence electrons. The van der Waals surface area contributed by atoms with Crippen LogP contribution in [0.5, 0.6) is 5.75 Å². The number of aromatic nitrogens is 3. The molecule has 0 radical (unpaired) electrons. The number of ether oxygens (including phenoxy) is 1. The van der Waals surface area contributed by atoms with Crippen LogP contribution in [0.25, 0.3) is 11.4 Å². The first-order chi connectivity index (χ1) is 8.86. The van der Waals surface area contributed by atoms with Crippen molar-refractivity contribution in [2.75, 3.05) is 19.0 Å². The van der Waals surface area contributed by atoms with Gasteiger partial charge < -0.3 is 10.1 Å². The second-order valence-electron chi connectivity index (χ2n) is 4.19. The Balaban J connectivity index is 2.00. The van der Waals surface area contributed by atoms with Crippen LogP contribution in [0.15, 0.2) is 24.4 Å². The van der Waals surface area contributed by atoms with Crippen LogP contribution in [-0.2, 0) is 6.42 Å². The number of hydrogen-bond donors (Lipinski definition) is 1. The average Bonchev–Trinajstić information content (AvgIpc) is 2.47. The van der Waals surface area contributed by atoms with Gasteiger partial charge in [0.1, 0.15) is 11.6 Å². The molecule has 0 bridgehead atoms. The highest BCUT2D eigenvalue weighted by Gasteiger charge is 2.12. The number of anilines is 1. The molecule has 0 saturated heterocycles. The van der Waals surface area contributed by atoms with Gasteiger partial charge in [-0.05, 0) is 36.6 Å². The molecule has 0 aliphatic carbocycles. The number of fused-ring (bicyclic) bond motifs is 1. The van der Waals surface area contributed by atoms with E-state index < -0.39 is 0 Å². The highest BCUT2D eigenvalue weighted by atomic mass is 16.5. The van der Waals surface area contributed by atoms with Crippen molar-refractivity contribution in [3.8, 4) is 17.1 Å². The topological polar surface area (TPSA) is 59.9 Å². The number of benzene rings is 1. The largest absolute Gasteiger partial charge is 0.493 e. The Bertz CT molecular complexity index is 571. The fourth-order valence-electron chi connectivity index (χ4n) is 2.05. The van der Waals surface area contributed by atoms with Gasteiger partial charge in [0, 0.05) is 12.6 Å². The van der Waals surface area contributed by atoms with Crippen LogP contribution < -0.4 is 10.1 Å². The van der Waals surface area contributed by atoms with Crippen molar-refractivity contribution in [2.24, 2.45) is 0 Å². The molecule has 0 fully saturated rings. The first-order valence-electron chi connectivity index (χ1n) is 6.00. The van der Waals surface area contributed by atoms with Crippen molar-refractivity contribution in [3.63, 3.8) is 0 Å². The number of hydrogen-bond acceptors (Lipinski definition) is 5. The maximum atomic E-state index is 5.59. The average molecular weight is 242 g/mol. The van der Waals surface area contributed by atoms with Gasteiger partial charge in [0.2, 0.25) is 0 Å². The van der Waals surface area contributed by atoms with E-state index in [9.17, 15) is 0 Å². The summed E-state index contributed by atoms with van der Waals surface area (Å²) in [6.07, 6.45) is 3.71. The van der Waals surface area contributed by atoms with E-state index in [2.05, 4.69) is 26.6 Å². The van der Waals surface area contributed by atoms with E-state index in [1.165, 1.54) is 5.56 Å². The van der Waals surface area contributed by atoms with E-state index in [0.29, 0.717) is 11.6 Å². The van der Waals surface area contributed by atoms with Crippen molar-refractivity contribution in [2.45, 2.75) is 12.8 Å². The van der Waals surface area contributed by atoms with Gasteiger partial charge in [-0.15, -0.1) is 5.10 Å². The maximum Gasteiger partial charge on any atom is 0.183 e. The molecule has 1 aromatic carbocycles. The van der Waals surface area contributed by atoms with Crippen LogP contribution in [0.1, 0.15) is 12.0 Å². The number of rotatable bonds is 2. The fraction of sp³-hybridized carbons (Fsp3) is 0.308. The van der Waals surface area contributed by atoms with E-state index >= 15 is 0 Å². The van der Waals surface area contributed by atoms with Crippen LogP contribution in [-0.4, -0.2) is 28.8 Å². The highest BCUT2D eigenvalue weighted by molar-refractivity contribution is 5.59. The molecule has 2 aromatic rings. The normalized spacial score (nSPS) is 13.6. The molecular weight excluding hydrogens is 228 g/mol. The quantitative estimate of drug-likeness (QED) is 0.871. The van der Waals surface area contributed by atoms with Crippen molar-refractivity contribution in [3.05, 3.63) is 30.0 Å². The summed E-state index contributed by atoms with van der Waals surface area (Å²) in [5, 5.41) is 11.0. The fourth-order valence-corrected chi connectivity index (χ4v) is 2.05. The van der Waals surface area contributed by atoms with Crippen LogP contribution in [0.4, 0.5) is 5.82 Å². The Morgan fingerprint density at radius 1 is 1.33 bits per heavy atom. The molecule has 0 saturated carbocycles. The number of nitrogens with zero attached hydrogens (tertiary/aromatic N) is 3. The Kier molecular flexibility index (Phi) is 2.80. The smallest absolute Gasteiger partial charge is 0.183 e. The molecule has 0 spiro atoms. The second-order valence-corrected chi connectivity index (χ2v) is 4.19. The second kappa shape index (κ2) is 4.60. The van der Waals surface area contributed by atoms with Crippen LogP contribution in [0.2, 0.25) is 0 Å². The molecule has 1 aliphatic rings. The highest BCUT2D eigenvalue weighted by Crippen LogP contribution is 2.28. The predicted octanol–water partition coefficient (Wildman–Crippen LogP) is 1.91. The lowest BCUT2D eigenvalue weighted by molar-refractivity contribution is 0.288. The standard InChI is InChI=1S/C13H14N4O/c1-14-12-8-15-17-13(16-12)10-4-5-11-9(7-10)3-2-6-18-11/h4-5,7-8H,2-3,6H2,1H3,(H,14,16,17). The molecule has 5 heteroatoms. The number of nitrogens with one attached hydrogen (secondary N) is 1. The van der Waals surface area contributed by atoms with Gasteiger partial charge in [0.05, 0.1) is 12.8 Å². The van der Waals surface area contributed by atoms with Gasteiger partial charge in [-0.1, -0.05) is 0 Å². The summed E-state index contributed by atoms with van der Waals surface area (Å²) in [4.78, 5) is 4.38. The molecule has 1 aliphatic heterocycles. The number of aryl methyl sites for hydroxylation is 1. The zero-order chi connectivity index (χ0) is 12.4. The van der Waals surface area contributed by atoms with Gasteiger partial charge in [0.15, 0.2) is 5.82 Å². The molecule has 0 unspecified atom stereocenters. The van der Waals surface area contributed by atoms with Crippen molar-refractivity contribution in [1.29, 1.82) is 0 Å². The monoisotopic (exact) mass is 242 g/mol. The Morgan fingerprint density at radius 2 is 2.28 bits per heavy atom. The molecule has 3 rings (SSSR count). The minimum Gasteiger partial charge on any atom is -0.493 e. The molecule has 0 amide bonds. The predicted molar refractivity (Wildman–Crippen MR) is 68.6 cm³/mol. The van der Waals surface area contributed by atoms with Gasteiger partial charge in [-0.2, -0.15) is 5.10 Å². The first-order valence-corrected chi connectivity index (χ1v) is 6.00. The minimum atomic E-state index is 0.634. The summed E-state index contributed by atoms with van der Waals surface area (Å²) in [6.45, 7) is 0.805. The van der Waals surface area contributed by atoms with E-state index in [-0.39, 0.29) is 0 Å². The van der Waals surface area contributed by atoms with E-state index in [4.69, 9.17) is 4.74 Å². The zero-order valence-corrected chi connectivity index (χ0v) is 10.2. The third-order valence-electron chi connectivity index (χ3n) is 2.98. The molecule has 0 atom stereocenters. The molecule has 2 heterocycles.